The molecule has 1 aliphatic heterocycles. The van der Waals surface area contributed by atoms with Gasteiger partial charge in [-0.1, -0.05) is 49.2 Å². The van der Waals surface area contributed by atoms with Crippen molar-refractivity contribution in [1.29, 1.82) is 0 Å². The molecule has 1 unspecified atom stereocenters. The maximum atomic E-state index is 12.0. The van der Waals surface area contributed by atoms with Crippen molar-refractivity contribution in [3.05, 3.63) is 46.0 Å². The molecule has 0 saturated heterocycles. The van der Waals surface area contributed by atoms with Crippen LogP contribution in [0.15, 0.2) is 35.4 Å². The van der Waals surface area contributed by atoms with Crippen LogP contribution in [0.5, 0.6) is 0 Å². The number of carbonyl (C=O) groups is 1. The SMILES string of the molecule is CC(C)CN1C(=O)C=C(Cl)C1(O)c1ccc(Cl)cc1. The molecule has 0 aromatic heterocycles. The van der Waals surface area contributed by atoms with E-state index in [1.165, 1.54) is 11.0 Å². The van der Waals surface area contributed by atoms with E-state index < -0.39 is 5.72 Å². The van der Waals surface area contributed by atoms with Crippen molar-refractivity contribution in [3.63, 3.8) is 0 Å². The summed E-state index contributed by atoms with van der Waals surface area (Å²) in [6, 6.07) is 6.67. The van der Waals surface area contributed by atoms with Gasteiger partial charge in [0.15, 0.2) is 0 Å². The molecular formula is C14H15Cl2NO2. The van der Waals surface area contributed by atoms with Gasteiger partial charge in [-0.25, -0.2) is 0 Å². The molecule has 5 heteroatoms. The highest BCUT2D eigenvalue weighted by atomic mass is 35.5. The summed E-state index contributed by atoms with van der Waals surface area (Å²) in [5.74, 6) is -0.0603. The third-order valence-corrected chi connectivity index (χ3v) is 3.66. The molecule has 1 N–H and O–H groups in total. The molecule has 3 nitrogen and oxygen atoms in total. The summed E-state index contributed by atoms with van der Waals surface area (Å²) >= 11 is 11.9. The molecule has 0 spiro atoms. The molecule has 1 aliphatic rings. The number of halogens is 2. The van der Waals surface area contributed by atoms with Crippen LogP contribution < -0.4 is 0 Å². The molecule has 1 aromatic rings. The van der Waals surface area contributed by atoms with Gasteiger partial charge in [0.2, 0.25) is 5.72 Å². The minimum absolute atomic E-state index is 0.112. The van der Waals surface area contributed by atoms with Crippen molar-refractivity contribution in [2.24, 2.45) is 5.92 Å². The molecule has 0 radical (unpaired) electrons. The first-order valence-electron chi connectivity index (χ1n) is 6.03. The first kappa shape index (κ1) is 14.4. The second-order valence-electron chi connectivity index (χ2n) is 5.01. The predicted molar refractivity (Wildman–Crippen MR) is 75.8 cm³/mol. The number of carbonyl (C=O) groups excluding carboxylic acids is 1. The lowest BCUT2D eigenvalue weighted by atomic mass is 10.0. The van der Waals surface area contributed by atoms with Crippen LogP contribution in [-0.2, 0) is 10.5 Å². The van der Waals surface area contributed by atoms with Crippen LogP contribution in [0.4, 0.5) is 0 Å². The Hall–Kier alpha value is -1.03. The summed E-state index contributed by atoms with van der Waals surface area (Å²) < 4.78 is 0. The van der Waals surface area contributed by atoms with E-state index in [0.717, 1.165) is 0 Å². The lowest BCUT2D eigenvalue weighted by Gasteiger charge is -2.36. The molecule has 0 aliphatic carbocycles. The molecule has 1 aromatic carbocycles. The first-order chi connectivity index (χ1) is 8.85. The van der Waals surface area contributed by atoms with Gasteiger partial charge in [0.1, 0.15) is 0 Å². The van der Waals surface area contributed by atoms with Gasteiger partial charge in [0.25, 0.3) is 5.91 Å². The lowest BCUT2D eigenvalue weighted by molar-refractivity contribution is -0.144. The Balaban J connectivity index is 2.45. The minimum atomic E-state index is -1.59. The lowest BCUT2D eigenvalue weighted by Crippen LogP contribution is -2.46. The number of nitrogens with zero attached hydrogens (tertiary/aromatic N) is 1. The van der Waals surface area contributed by atoms with Crippen LogP contribution in [0, 0.1) is 5.92 Å². The summed E-state index contributed by atoms with van der Waals surface area (Å²) in [6.45, 7) is 4.37. The van der Waals surface area contributed by atoms with Crippen molar-refractivity contribution in [2.45, 2.75) is 19.6 Å². The number of hydrogen-bond donors (Lipinski definition) is 1. The largest absolute Gasteiger partial charge is 0.362 e. The van der Waals surface area contributed by atoms with E-state index in [-0.39, 0.29) is 16.9 Å². The monoisotopic (exact) mass is 299 g/mol. The zero-order chi connectivity index (χ0) is 14.2. The Morgan fingerprint density at radius 3 is 2.37 bits per heavy atom. The first-order valence-corrected chi connectivity index (χ1v) is 6.79. The van der Waals surface area contributed by atoms with Gasteiger partial charge in [-0.15, -0.1) is 0 Å². The van der Waals surface area contributed by atoms with Gasteiger partial charge in [0.05, 0.1) is 5.03 Å². The Bertz CT molecular complexity index is 525. The van der Waals surface area contributed by atoms with E-state index in [2.05, 4.69) is 0 Å². The van der Waals surface area contributed by atoms with Crippen LogP contribution in [0.25, 0.3) is 0 Å². The smallest absolute Gasteiger partial charge is 0.250 e. The second kappa shape index (κ2) is 5.16. The van der Waals surface area contributed by atoms with Crippen molar-refractivity contribution in [3.8, 4) is 0 Å². The maximum Gasteiger partial charge on any atom is 0.250 e. The zero-order valence-corrected chi connectivity index (χ0v) is 12.2. The van der Waals surface area contributed by atoms with Crippen LogP contribution in [0.1, 0.15) is 19.4 Å². The predicted octanol–water partition coefficient (Wildman–Crippen LogP) is 3.11. The van der Waals surface area contributed by atoms with Gasteiger partial charge in [-0.3, -0.25) is 4.79 Å². The molecule has 19 heavy (non-hydrogen) atoms. The molecule has 1 amide bonds. The van der Waals surface area contributed by atoms with E-state index in [0.29, 0.717) is 17.1 Å². The van der Waals surface area contributed by atoms with Gasteiger partial charge in [0, 0.05) is 23.2 Å². The molecule has 102 valence electrons. The molecule has 1 heterocycles. The maximum absolute atomic E-state index is 12.0. The van der Waals surface area contributed by atoms with Gasteiger partial charge >= 0.3 is 0 Å². The molecule has 1 atom stereocenters. The molecule has 0 fully saturated rings. The number of aliphatic hydroxyl groups is 1. The third kappa shape index (κ3) is 2.50. The van der Waals surface area contributed by atoms with Crippen molar-refractivity contribution in [1.82, 2.24) is 4.90 Å². The second-order valence-corrected chi connectivity index (χ2v) is 5.86. The third-order valence-electron chi connectivity index (χ3n) is 3.03. The molecule has 0 saturated carbocycles. The summed E-state index contributed by atoms with van der Waals surface area (Å²) in [5.41, 5.74) is -1.06. The molecular weight excluding hydrogens is 285 g/mol. The fraction of sp³-hybridized carbons (Fsp3) is 0.357. The average molecular weight is 300 g/mol. The van der Waals surface area contributed by atoms with Gasteiger partial charge in [-0.2, -0.15) is 0 Å². The van der Waals surface area contributed by atoms with Crippen LogP contribution in [0.3, 0.4) is 0 Å². The minimum Gasteiger partial charge on any atom is -0.362 e. The van der Waals surface area contributed by atoms with E-state index in [1.54, 1.807) is 24.3 Å². The van der Waals surface area contributed by atoms with E-state index >= 15 is 0 Å². The molecule has 0 bridgehead atoms. The number of hydrogen-bond acceptors (Lipinski definition) is 2. The topological polar surface area (TPSA) is 40.5 Å². The summed E-state index contributed by atoms with van der Waals surface area (Å²) in [5, 5.41) is 11.5. The Morgan fingerprint density at radius 2 is 1.84 bits per heavy atom. The van der Waals surface area contributed by atoms with E-state index in [9.17, 15) is 9.90 Å². The highest BCUT2D eigenvalue weighted by molar-refractivity contribution is 6.33. The van der Waals surface area contributed by atoms with Crippen LogP contribution in [-0.4, -0.2) is 22.5 Å². The number of benzene rings is 1. The summed E-state index contributed by atoms with van der Waals surface area (Å²) in [4.78, 5) is 13.3. The van der Waals surface area contributed by atoms with E-state index in [1.807, 2.05) is 13.8 Å². The summed E-state index contributed by atoms with van der Waals surface area (Å²) in [7, 11) is 0. The Labute approximate surface area is 122 Å². The fourth-order valence-electron chi connectivity index (χ4n) is 2.14. The van der Waals surface area contributed by atoms with Gasteiger partial charge in [-0.05, 0) is 18.1 Å². The fourth-order valence-corrected chi connectivity index (χ4v) is 2.57. The summed E-state index contributed by atoms with van der Waals surface area (Å²) in [6.07, 6.45) is 1.26. The van der Waals surface area contributed by atoms with Crippen LogP contribution >= 0.6 is 23.2 Å². The van der Waals surface area contributed by atoms with E-state index in [4.69, 9.17) is 23.2 Å². The highest BCUT2D eigenvalue weighted by Crippen LogP contribution is 2.41. The quantitative estimate of drug-likeness (QED) is 0.932. The van der Waals surface area contributed by atoms with Gasteiger partial charge < -0.3 is 10.0 Å². The molecule has 2 rings (SSSR count). The Morgan fingerprint density at radius 1 is 1.26 bits per heavy atom. The normalized spacial score (nSPS) is 23.2. The van der Waals surface area contributed by atoms with Crippen molar-refractivity contribution < 1.29 is 9.90 Å². The van der Waals surface area contributed by atoms with Crippen molar-refractivity contribution in [2.75, 3.05) is 6.54 Å². The number of amides is 1. The average Bonchev–Trinajstić information content (AvgIpc) is 2.54. The van der Waals surface area contributed by atoms with Crippen molar-refractivity contribution >= 4 is 29.1 Å². The Kier molecular flexibility index (Phi) is 3.90. The number of rotatable bonds is 3. The standard InChI is InChI=1S/C14H15Cl2NO2/c1-9(2)8-17-13(18)7-12(16)14(17,19)10-3-5-11(15)6-4-10/h3-7,9,19H,8H2,1-2H3. The van der Waals surface area contributed by atoms with Crippen LogP contribution in [0.2, 0.25) is 5.02 Å². The zero-order valence-electron chi connectivity index (χ0n) is 10.7. The highest BCUT2D eigenvalue weighted by Gasteiger charge is 2.47.